The second-order valence-electron chi connectivity index (χ2n) is 4.66. The molecule has 17 heavy (non-hydrogen) atoms. The molecule has 1 rings (SSSR count). The van der Waals surface area contributed by atoms with Gasteiger partial charge >= 0.3 is 0 Å². The van der Waals surface area contributed by atoms with Crippen LogP contribution in [-0.4, -0.2) is 17.1 Å². The summed E-state index contributed by atoms with van der Waals surface area (Å²) in [6.07, 6.45) is 0. The molecular weight excluding hydrogens is 216 g/mol. The Morgan fingerprint density at radius 2 is 1.94 bits per heavy atom. The summed E-state index contributed by atoms with van der Waals surface area (Å²) in [5, 5.41) is 12.5. The first-order chi connectivity index (χ1) is 7.84. The van der Waals surface area contributed by atoms with Gasteiger partial charge in [-0.3, -0.25) is 4.79 Å². The van der Waals surface area contributed by atoms with Crippen molar-refractivity contribution in [2.24, 2.45) is 11.7 Å². The van der Waals surface area contributed by atoms with Crippen molar-refractivity contribution in [2.45, 2.75) is 33.7 Å². The molecule has 1 aromatic carbocycles. The molecule has 0 unspecified atom stereocenters. The van der Waals surface area contributed by atoms with Gasteiger partial charge in [-0.05, 0) is 31.4 Å². The van der Waals surface area contributed by atoms with E-state index in [9.17, 15) is 9.90 Å². The molecule has 0 fully saturated rings. The van der Waals surface area contributed by atoms with Crippen molar-refractivity contribution in [2.75, 3.05) is 5.32 Å². The van der Waals surface area contributed by atoms with E-state index >= 15 is 0 Å². The number of nitrogens with one attached hydrogen (secondary N) is 1. The van der Waals surface area contributed by atoms with Crippen LogP contribution in [0.1, 0.15) is 25.0 Å². The van der Waals surface area contributed by atoms with E-state index < -0.39 is 6.04 Å². The molecule has 1 atom stereocenters. The number of benzene rings is 1. The third-order valence-electron chi connectivity index (χ3n) is 2.91. The zero-order valence-electron chi connectivity index (χ0n) is 10.7. The van der Waals surface area contributed by atoms with Crippen molar-refractivity contribution in [3.8, 4) is 5.75 Å². The summed E-state index contributed by atoms with van der Waals surface area (Å²) in [7, 11) is 0. The normalized spacial score (nSPS) is 12.6. The highest BCUT2D eigenvalue weighted by Crippen LogP contribution is 2.28. The standard InChI is InChI=1S/C13H20N2O2/c1-7(2)11(14)13(17)15-10-6-5-8(3)12(16)9(10)4/h5-7,11,16H,14H2,1-4H3,(H,15,17)/t11-/m1/s1. The number of amides is 1. The van der Waals surface area contributed by atoms with Gasteiger partial charge in [0, 0.05) is 11.3 Å². The third-order valence-corrected chi connectivity index (χ3v) is 2.91. The SMILES string of the molecule is Cc1ccc(NC(=O)[C@H](N)C(C)C)c(C)c1O. The summed E-state index contributed by atoms with van der Waals surface area (Å²) < 4.78 is 0. The number of hydrogen-bond acceptors (Lipinski definition) is 3. The van der Waals surface area contributed by atoms with E-state index in [1.165, 1.54) is 0 Å². The van der Waals surface area contributed by atoms with Gasteiger partial charge < -0.3 is 16.2 Å². The highest BCUT2D eigenvalue weighted by atomic mass is 16.3. The average molecular weight is 236 g/mol. The Hall–Kier alpha value is -1.55. The number of hydrogen-bond donors (Lipinski definition) is 3. The molecule has 0 saturated heterocycles. The Morgan fingerprint density at radius 1 is 1.35 bits per heavy atom. The number of phenols is 1. The zero-order valence-corrected chi connectivity index (χ0v) is 10.7. The molecule has 0 bridgehead atoms. The van der Waals surface area contributed by atoms with Crippen LogP contribution >= 0.6 is 0 Å². The predicted molar refractivity (Wildman–Crippen MR) is 69.0 cm³/mol. The van der Waals surface area contributed by atoms with Gasteiger partial charge in [-0.1, -0.05) is 19.9 Å². The molecule has 0 spiro atoms. The molecule has 0 aliphatic rings. The fraction of sp³-hybridized carbons (Fsp3) is 0.462. The molecule has 0 heterocycles. The molecule has 4 nitrogen and oxygen atoms in total. The quantitative estimate of drug-likeness (QED) is 0.750. The van der Waals surface area contributed by atoms with E-state index in [4.69, 9.17) is 5.73 Å². The lowest BCUT2D eigenvalue weighted by atomic mass is 10.0. The topological polar surface area (TPSA) is 75.4 Å². The van der Waals surface area contributed by atoms with E-state index in [1.807, 2.05) is 20.8 Å². The van der Waals surface area contributed by atoms with E-state index in [1.54, 1.807) is 19.1 Å². The first-order valence-corrected chi connectivity index (χ1v) is 5.70. The van der Waals surface area contributed by atoms with Gasteiger partial charge in [0.05, 0.1) is 6.04 Å². The molecule has 94 valence electrons. The fourth-order valence-corrected chi connectivity index (χ4v) is 1.49. The van der Waals surface area contributed by atoms with Gasteiger partial charge in [-0.2, -0.15) is 0 Å². The number of aromatic hydroxyl groups is 1. The maximum Gasteiger partial charge on any atom is 0.241 e. The summed E-state index contributed by atoms with van der Waals surface area (Å²) in [6.45, 7) is 7.36. The predicted octanol–water partition coefficient (Wildman–Crippen LogP) is 1.93. The molecule has 4 N–H and O–H groups in total. The largest absolute Gasteiger partial charge is 0.507 e. The monoisotopic (exact) mass is 236 g/mol. The first kappa shape index (κ1) is 13.5. The minimum atomic E-state index is -0.544. The molecule has 0 saturated carbocycles. The van der Waals surface area contributed by atoms with Crippen LogP contribution in [0.4, 0.5) is 5.69 Å². The lowest BCUT2D eigenvalue weighted by Crippen LogP contribution is -2.39. The summed E-state index contributed by atoms with van der Waals surface area (Å²) in [4.78, 5) is 11.8. The van der Waals surface area contributed by atoms with Crippen molar-refractivity contribution < 1.29 is 9.90 Å². The Labute approximate surface area is 102 Å². The fourth-order valence-electron chi connectivity index (χ4n) is 1.49. The molecule has 0 aliphatic carbocycles. The molecule has 1 aromatic rings. The Kier molecular flexibility index (Phi) is 4.12. The van der Waals surface area contributed by atoms with E-state index in [0.29, 0.717) is 11.3 Å². The summed E-state index contributed by atoms with van der Waals surface area (Å²) in [5.41, 5.74) is 7.80. The van der Waals surface area contributed by atoms with Gasteiger partial charge in [0.1, 0.15) is 5.75 Å². The lowest BCUT2D eigenvalue weighted by Gasteiger charge is -2.17. The molecule has 0 aliphatic heterocycles. The Morgan fingerprint density at radius 3 is 2.47 bits per heavy atom. The van der Waals surface area contributed by atoms with Crippen LogP contribution < -0.4 is 11.1 Å². The molecule has 4 heteroatoms. The van der Waals surface area contributed by atoms with Crippen LogP contribution in [0.5, 0.6) is 5.75 Å². The van der Waals surface area contributed by atoms with Crippen LogP contribution in [0.15, 0.2) is 12.1 Å². The first-order valence-electron chi connectivity index (χ1n) is 5.70. The average Bonchev–Trinajstić information content (AvgIpc) is 2.28. The number of phenolic OH excluding ortho intramolecular Hbond substituents is 1. The smallest absolute Gasteiger partial charge is 0.241 e. The van der Waals surface area contributed by atoms with Gasteiger partial charge in [0.15, 0.2) is 0 Å². The molecule has 0 radical (unpaired) electrons. The third kappa shape index (κ3) is 2.97. The number of carbonyl (C=O) groups is 1. The van der Waals surface area contributed by atoms with E-state index in [0.717, 1.165) is 5.56 Å². The van der Waals surface area contributed by atoms with Gasteiger partial charge in [0.2, 0.25) is 5.91 Å². The number of aryl methyl sites for hydroxylation is 1. The maximum absolute atomic E-state index is 11.8. The Balaban J connectivity index is 2.90. The van der Waals surface area contributed by atoms with Gasteiger partial charge in [0.25, 0.3) is 0 Å². The highest BCUT2D eigenvalue weighted by molar-refractivity contribution is 5.95. The number of rotatable bonds is 3. The van der Waals surface area contributed by atoms with Crippen molar-refractivity contribution in [1.29, 1.82) is 0 Å². The van der Waals surface area contributed by atoms with Gasteiger partial charge in [-0.15, -0.1) is 0 Å². The second-order valence-corrected chi connectivity index (χ2v) is 4.66. The van der Waals surface area contributed by atoms with Crippen molar-refractivity contribution in [3.05, 3.63) is 23.3 Å². The number of carbonyl (C=O) groups excluding carboxylic acids is 1. The molecule has 1 amide bonds. The number of nitrogens with two attached hydrogens (primary N) is 1. The highest BCUT2D eigenvalue weighted by Gasteiger charge is 2.18. The lowest BCUT2D eigenvalue weighted by molar-refractivity contribution is -0.118. The van der Waals surface area contributed by atoms with Crippen LogP contribution in [0.3, 0.4) is 0 Å². The van der Waals surface area contributed by atoms with Crippen molar-refractivity contribution in [1.82, 2.24) is 0 Å². The van der Waals surface area contributed by atoms with Crippen molar-refractivity contribution >= 4 is 11.6 Å². The van der Waals surface area contributed by atoms with Crippen LogP contribution in [-0.2, 0) is 4.79 Å². The van der Waals surface area contributed by atoms with E-state index in [2.05, 4.69) is 5.32 Å². The minimum Gasteiger partial charge on any atom is -0.507 e. The maximum atomic E-state index is 11.8. The van der Waals surface area contributed by atoms with Crippen LogP contribution in [0.25, 0.3) is 0 Å². The Bertz CT molecular complexity index is 428. The van der Waals surface area contributed by atoms with Crippen molar-refractivity contribution in [3.63, 3.8) is 0 Å². The molecule has 0 aromatic heterocycles. The van der Waals surface area contributed by atoms with Gasteiger partial charge in [-0.25, -0.2) is 0 Å². The summed E-state index contributed by atoms with van der Waals surface area (Å²) in [6, 6.07) is 2.99. The van der Waals surface area contributed by atoms with Crippen LogP contribution in [0, 0.1) is 19.8 Å². The van der Waals surface area contributed by atoms with Crippen LogP contribution in [0.2, 0.25) is 0 Å². The zero-order chi connectivity index (χ0) is 13.2. The minimum absolute atomic E-state index is 0.0781. The summed E-state index contributed by atoms with van der Waals surface area (Å²) in [5.74, 6) is 0.0571. The second kappa shape index (κ2) is 5.19. The number of anilines is 1. The molecular formula is C13H20N2O2. The summed E-state index contributed by atoms with van der Waals surface area (Å²) >= 11 is 0. The van der Waals surface area contributed by atoms with E-state index in [-0.39, 0.29) is 17.6 Å².